The molecule has 1 amide bonds. The second kappa shape index (κ2) is 8.69. The number of carbonyl (C=O) groups excluding carboxylic acids is 2. The van der Waals surface area contributed by atoms with Crippen LogP contribution in [0.25, 0.3) is 0 Å². The van der Waals surface area contributed by atoms with Gasteiger partial charge in [-0.25, -0.2) is 5.43 Å². The Morgan fingerprint density at radius 2 is 1.92 bits per heavy atom. The molecule has 2 rings (SSSR count). The predicted molar refractivity (Wildman–Crippen MR) is 97.8 cm³/mol. The fourth-order valence-electron chi connectivity index (χ4n) is 2.23. The van der Waals surface area contributed by atoms with E-state index in [0.29, 0.717) is 27.6 Å². The highest BCUT2D eigenvalue weighted by Gasteiger charge is 2.11. The Morgan fingerprint density at radius 1 is 1.19 bits per heavy atom. The summed E-state index contributed by atoms with van der Waals surface area (Å²) in [6, 6.07) is 9.48. The van der Waals surface area contributed by atoms with Crippen LogP contribution >= 0.6 is 23.2 Å². The number of rotatable bonds is 6. The number of carboxylic acids is 1. The molecule has 0 bridgehead atoms. The molecule has 0 spiro atoms. The van der Waals surface area contributed by atoms with E-state index in [4.69, 9.17) is 27.9 Å². The van der Waals surface area contributed by atoms with Gasteiger partial charge in [0.25, 0.3) is 5.91 Å². The third kappa shape index (κ3) is 4.97. The number of aliphatic carboxylic acids is 1. The van der Waals surface area contributed by atoms with Gasteiger partial charge < -0.3 is 14.6 Å². The van der Waals surface area contributed by atoms with Gasteiger partial charge in [-0.1, -0.05) is 23.2 Å². The molecule has 8 heteroatoms. The number of carboxylic acid groups (broad SMARTS) is 1. The van der Waals surface area contributed by atoms with Crippen molar-refractivity contribution in [2.75, 3.05) is 7.11 Å². The number of hydrogen-bond acceptors (Lipinski definition) is 5. The number of ether oxygens (including phenoxy) is 1. The van der Waals surface area contributed by atoms with Gasteiger partial charge in [0, 0.05) is 23.0 Å². The summed E-state index contributed by atoms with van der Waals surface area (Å²) in [5.74, 6) is -1.31. The summed E-state index contributed by atoms with van der Waals surface area (Å²) in [6.07, 6.45) is -0.297. The number of amides is 1. The Labute approximate surface area is 160 Å². The van der Waals surface area contributed by atoms with Crippen molar-refractivity contribution < 1.29 is 19.4 Å². The molecular weight excluding hydrogens is 379 g/mol. The van der Waals surface area contributed by atoms with Crippen molar-refractivity contribution >= 4 is 40.8 Å². The minimum atomic E-state index is -1.22. The number of benzene rings is 2. The molecule has 0 aliphatic carbocycles. The second-order valence-electron chi connectivity index (χ2n) is 5.34. The molecule has 0 radical (unpaired) electrons. The van der Waals surface area contributed by atoms with E-state index in [2.05, 4.69) is 10.5 Å². The summed E-state index contributed by atoms with van der Waals surface area (Å²) < 4.78 is 5.13. The van der Waals surface area contributed by atoms with E-state index in [9.17, 15) is 14.7 Å². The van der Waals surface area contributed by atoms with Gasteiger partial charge in [-0.3, -0.25) is 4.79 Å². The van der Waals surface area contributed by atoms with Gasteiger partial charge in [-0.05, 0) is 48.9 Å². The fraction of sp³-hybridized carbons (Fsp3) is 0.167. The average Bonchev–Trinajstić information content (AvgIpc) is 2.60. The van der Waals surface area contributed by atoms with E-state index in [1.807, 2.05) is 0 Å². The minimum absolute atomic E-state index is 0.197. The molecule has 0 aliphatic rings. The van der Waals surface area contributed by atoms with Crippen molar-refractivity contribution in [2.24, 2.45) is 5.10 Å². The third-order valence-electron chi connectivity index (χ3n) is 3.53. The molecule has 0 heterocycles. The Hall–Kier alpha value is -2.57. The third-order valence-corrected chi connectivity index (χ3v) is 4.10. The van der Waals surface area contributed by atoms with E-state index >= 15 is 0 Å². The molecule has 0 unspecified atom stereocenters. The number of halogens is 2. The van der Waals surface area contributed by atoms with Gasteiger partial charge in [0.15, 0.2) is 0 Å². The number of nitrogens with one attached hydrogen (secondary N) is 1. The van der Waals surface area contributed by atoms with Crippen molar-refractivity contribution in [3.63, 3.8) is 0 Å². The highest BCUT2D eigenvalue weighted by molar-refractivity contribution is 6.35. The highest BCUT2D eigenvalue weighted by atomic mass is 35.5. The van der Waals surface area contributed by atoms with E-state index in [-0.39, 0.29) is 17.0 Å². The maximum Gasteiger partial charge on any atom is 0.272 e. The van der Waals surface area contributed by atoms with Crippen LogP contribution in [0.3, 0.4) is 0 Å². The van der Waals surface area contributed by atoms with E-state index in [1.165, 1.54) is 19.2 Å². The van der Waals surface area contributed by atoms with Crippen LogP contribution in [0.1, 0.15) is 28.4 Å². The lowest BCUT2D eigenvalue weighted by Gasteiger charge is -2.11. The van der Waals surface area contributed by atoms with Crippen LogP contribution in [0.5, 0.6) is 5.75 Å². The summed E-state index contributed by atoms with van der Waals surface area (Å²) in [4.78, 5) is 23.1. The first-order chi connectivity index (χ1) is 12.3. The van der Waals surface area contributed by atoms with E-state index < -0.39 is 11.9 Å². The van der Waals surface area contributed by atoms with Crippen molar-refractivity contribution in [1.29, 1.82) is 0 Å². The van der Waals surface area contributed by atoms with Crippen LogP contribution < -0.4 is 15.3 Å². The van der Waals surface area contributed by atoms with E-state index in [1.54, 1.807) is 31.2 Å². The maximum atomic E-state index is 12.2. The Bertz CT molecular complexity index is 881. The fourth-order valence-corrected chi connectivity index (χ4v) is 2.60. The van der Waals surface area contributed by atoms with Crippen LogP contribution in [-0.4, -0.2) is 24.7 Å². The zero-order chi connectivity index (χ0) is 19.3. The van der Waals surface area contributed by atoms with Gasteiger partial charge >= 0.3 is 0 Å². The summed E-state index contributed by atoms with van der Waals surface area (Å²) in [5, 5.41) is 15.5. The van der Waals surface area contributed by atoms with Gasteiger partial charge in [0.2, 0.25) is 0 Å². The van der Waals surface area contributed by atoms with Crippen LogP contribution in [0.4, 0.5) is 0 Å². The lowest BCUT2D eigenvalue weighted by Crippen LogP contribution is -2.24. The highest BCUT2D eigenvalue weighted by Crippen LogP contribution is 2.22. The maximum absolute atomic E-state index is 12.2. The first-order valence-electron chi connectivity index (χ1n) is 7.48. The number of carbonyl (C=O) groups is 2. The zero-order valence-electron chi connectivity index (χ0n) is 14.0. The Morgan fingerprint density at radius 3 is 2.58 bits per heavy atom. The van der Waals surface area contributed by atoms with Crippen LogP contribution in [0, 0.1) is 0 Å². The minimum Gasteiger partial charge on any atom is -0.550 e. The molecule has 2 aromatic rings. The standard InChI is InChI=1S/C18H16Cl2N2O4/c1-10(11-3-6-16(26-2)12(7-11)8-17(23)24)21-22-18(25)14-9-13(19)4-5-15(14)20/h3-7,9H,8H2,1-2H3,(H,22,25)(H,23,24)/p-1/b21-10-. The largest absolute Gasteiger partial charge is 0.550 e. The molecule has 0 aliphatic heterocycles. The average molecular weight is 394 g/mol. The molecule has 0 fully saturated rings. The van der Waals surface area contributed by atoms with Gasteiger partial charge in [0.05, 0.1) is 23.4 Å². The molecular formula is C18H15Cl2N2O4-. The molecule has 0 atom stereocenters. The zero-order valence-corrected chi connectivity index (χ0v) is 15.5. The van der Waals surface area contributed by atoms with Gasteiger partial charge in [-0.2, -0.15) is 5.10 Å². The molecule has 0 saturated heterocycles. The normalized spacial score (nSPS) is 11.2. The monoisotopic (exact) mass is 393 g/mol. The topological polar surface area (TPSA) is 90.8 Å². The molecule has 0 aromatic heterocycles. The summed E-state index contributed by atoms with van der Waals surface area (Å²) >= 11 is 11.9. The van der Waals surface area contributed by atoms with Crippen molar-refractivity contribution in [3.05, 3.63) is 63.1 Å². The van der Waals surface area contributed by atoms with Gasteiger partial charge in [-0.15, -0.1) is 0 Å². The van der Waals surface area contributed by atoms with Gasteiger partial charge in [0.1, 0.15) is 5.75 Å². The molecule has 6 nitrogen and oxygen atoms in total. The van der Waals surface area contributed by atoms with Crippen molar-refractivity contribution in [3.8, 4) is 5.75 Å². The predicted octanol–water partition coefficient (Wildman–Crippen LogP) is 2.45. The first kappa shape index (κ1) is 19.8. The molecule has 2 aromatic carbocycles. The summed E-state index contributed by atoms with van der Waals surface area (Å²) in [7, 11) is 1.45. The smallest absolute Gasteiger partial charge is 0.272 e. The van der Waals surface area contributed by atoms with Crippen LogP contribution in [0.2, 0.25) is 10.0 Å². The SMILES string of the molecule is COc1ccc(/C(C)=N\NC(=O)c2cc(Cl)ccc2Cl)cc1CC(=O)[O-]. The lowest BCUT2D eigenvalue weighted by atomic mass is 10.0. The molecule has 1 N–H and O–H groups in total. The Balaban J connectivity index is 2.22. The van der Waals surface area contributed by atoms with Crippen molar-refractivity contribution in [2.45, 2.75) is 13.3 Å². The molecule has 26 heavy (non-hydrogen) atoms. The van der Waals surface area contributed by atoms with Crippen LogP contribution in [-0.2, 0) is 11.2 Å². The van der Waals surface area contributed by atoms with Crippen molar-refractivity contribution in [1.82, 2.24) is 5.43 Å². The molecule has 136 valence electrons. The Kier molecular flexibility index (Phi) is 6.60. The lowest BCUT2D eigenvalue weighted by molar-refractivity contribution is -0.304. The second-order valence-corrected chi connectivity index (χ2v) is 6.18. The van der Waals surface area contributed by atoms with Crippen LogP contribution in [0.15, 0.2) is 41.5 Å². The number of hydrazone groups is 1. The number of methoxy groups -OCH3 is 1. The first-order valence-corrected chi connectivity index (χ1v) is 8.24. The van der Waals surface area contributed by atoms with E-state index in [0.717, 1.165) is 0 Å². The summed E-state index contributed by atoms with van der Waals surface area (Å²) in [5.41, 5.74) is 4.14. The number of hydrogen-bond donors (Lipinski definition) is 1. The quantitative estimate of drug-likeness (QED) is 0.602. The summed E-state index contributed by atoms with van der Waals surface area (Å²) in [6.45, 7) is 1.67. The number of nitrogens with zero attached hydrogens (tertiary/aromatic N) is 1. The molecule has 0 saturated carbocycles.